The van der Waals surface area contributed by atoms with Crippen molar-refractivity contribution in [3.05, 3.63) is 65.5 Å². The summed E-state index contributed by atoms with van der Waals surface area (Å²) in [4.78, 5) is 20.9. The summed E-state index contributed by atoms with van der Waals surface area (Å²) in [6.45, 7) is 29.1. The maximum Gasteiger partial charge on any atom is 0.213 e. The fourth-order valence-electron chi connectivity index (χ4n) is 3.38. The molecule has 0 aliphatic carbocycles. The van der Waals surface area contributed by atoms with Crippen molar-refractivity contribution in [3.8, 4) is 17.0 Å². The van der Waals surface area contributed by atoms with Gasteiger partial charge in [-0.05, 0) is 87.6 Å². The van der Waals surface area contributed by atoms with Gasteiger partial charge in [-0.1, -0.05) is 86.9 Å². The minimum absolute atomic E-state index is 0.0228. The van der Waals surface area contributed by atoms with Crippen LogP contribution in [-0.2, 0) is 4.79 Å². The van der Waals surface area contributed by atoms with Crippen LogP contribution in [0.15, 0.2) is 59.4 Å². The van der Waals surface area contributed by atoms with Crippen LogP contribution in [0.5, 0.6) is 5.88 Å². The second-order valence-corrected chi connectivity index (χ2v) is 12.5. The number of hydrogen-bond donors (Lipinski definition) is 0. The lowest BCUT2D eigenvalue weighted by Gasteiger charge is -2.16. The summed E-state index contributed by atoms with van der Waals surface area (Å²) < 4.78 is 5.93. The third-order valence-electron chi connectivity index (χ3n) is 6.10. The molecule has 41 heavy (non-hydrogen) atoms. The average Bonchev–Trinajstić information content (AvgIpc) is 2.88. The van der Waals surface area contributed by atoms with Crippen molar-refractivity contribution < 1.29 is 9.53 Å². The first-order valence-electron chi connectivity index (χ1n) is 15.2. The van der Waals surface area contributed by atoms with E-state index >= 15 is 0 Å². The van der Waals surface area contributed by atoms with Crippen molar-refractivity contribution >= 4 is 17.1 Å². The first kappa shape index (κ1) is 38.0. The Balaban J connectivity index is 0.00000137. The largest absolute Gasteiger partial charge is 0.474 e. The Kier molecular flexibility index (Phi) is 17.8. The first-order valence-corrected chi connectivity index (χ1v) is 15.2. The minimum Gasteiger partial charge on any atom is -0.474 e. The van der Waals surface area contributed by atoms with E-state index in [9.17, 15) is 4.79 Å². The Bertz CT molecular complexity index is 1140. The highest BCUT2D eigenvalue weighted by Gasteiger charge is 2.13. The maximum absolute atomic E-state index is 11.8. The van der Waals surface area contributed by atoms with E-state index in [-0.39, 0.29) is 11.9 Å². The molecule has 0 fully saturated rings. The quantitative estimate of drug-likeness (QED) is 0.173. The van der Waals surface area contributed by atoms with Crippen LogP contribution >= 0.6 is 0 Å². The van der Waals surface area contributed by atoms with E-state index in [1.807, 2.05) is 45.2 Å². The Labute approximate surface area is 252 Å². The van der Waals surface area contributed by atoms with Gasteiger partial charge < -0.3 is 4.74 Å². The molecule has 0 N–H and O–H groups in total. The van der Waals surface area contributed by atoms with Gasteiger partial charge in [-0.25, -0.2) is 4.98 Å². The van der Waals surface area contributed by atoms with E-state index in [4.69, 9.17) is 4.74 Å². The number of nitrogens with zero attached hydrogens (tertiary/aromatic N) is 2. The lowest BCUT2D eigenvalue weighted by atomic mass is 9.93. The molecule has 0 radical (unpaired) electrons. The van der Waals surface area contributed by atoms with E-state index < -0.39 is 0 Å². The Morgan fingerprint density at radius 3 is 1.90 bits per heavy atom. The van der Waals surface area contributed by atoms with Crippen molar-refractivity contribution in [2.75, 3.05) is 0 Å². The van der Waals surface area contributed by atoms with Gasteiger partial charge in [0, 0.05) is 35.2 Å². The number of ether oxygens (including phenoxy) is 1. The summed E-state index contributed by atoms with van der Waals surface area (Å²) in [5, 5.41) is 0. The van der Waals surface area contributed by atoms with Gasteiger partial charge in [0.15, 0.2) is 5.78 Å². The molecular weight excluding hydrogens is 504 g/mol. The second kappa shape index (κ2) is 19.2. The first-order chi connectivity index (χ1) is 19.1. The number of allylic oxidation sites excluding steroid dienone is 3. The number of rotatable bonds is 9. The number of carbonyl (C=O) groups excluding carboxylic acids is 1. The molecule has 0 bridgehead atoms. The SMILES string of the molecule is C/C=C(/C(=C/C(C)=O)N=C(C)C)c1cc(-c2ccc(OC(CC)CC)nc2)ccc1C.CC(C)C.CCC(C)(C)C. The summed E-state index contributed by atoms with van der Waals surface area (Å²) in [6.07, 6.45) is 8.84. The Hall–Kier alpha value is -3.01. The number of benzene rings is 1. The molecule has 228 valence electrons. The third-order valence-corrected chi connectivity index (χ3v) is 6.10. The fraction of sp³-hybridized carbons (Fsp3) is 0.541. The highest BCUT2D eigenvalue weighted by atomic mass is 16.5. The fourth-order valence-corrected chi connectivity index (χ4v) is 3.38. The van der Waals surface area contributed by atoms with Crippen molar-refractivity contribution in [2.24, 2.45) is 16.3 Å². The molecule has 0 amide bonds. The summed E-state index contributed by atoms with van der Waals surface area (Å²) >= 11 is 0. The molecule has 1 heterocycles. The molecule has 0 saturated heterocycles. The van der Waals surface area contributed by atoms with Crippen LogP contribution in [0, 0.1) is 18.3 Å². The average molecular weight is 563 g/mol. The normalized spacial score (nSPS) is 11.8. The molecule has 0 aliphatic heterocycles. The van der Waals surface area contributed by atoms with Crippen LogP contribution in [0.1, 0.15) is 120 Å². The molecule has 1 aromatic carbocycles. The van der Waals surface area contributed by atoms with Crippen molar-refractivity contribution in [1.29, 1.82) is 0 Å². The van der Waals surface area contributed by atoms with Crippen LogP contribution in [0.25, 0.3) is 16.7 Å². The summed E-state index contributed by atoms with van der Waals surface area (Å²) in [5.74, 6) is 1.46. The second-order valence-electron chi connectivity index (χ2n) is 12.5. The zero-order chi connectivity index (χ0) is 31.8. The number of ketones is 1. The van der Waals surface area contributed by atoms with Crippen LogP contribution in [0.4, 0.5) is 0 Å². The van der Waals surface area contributed by atoms with E-state index in [0.717, 1.165) is 52.3 Å². The predicted molar refractivity (Wildman–Crippen MR) is 181 cm³/mol. The molecule has 1 aromatic heterocycles. The van der Waals surface area contributed by atoms with Crippen LogP contribution in [0.2, 0.25) is 0 Å². The molecule has 4 heteroatoms. The van der Waals surface area contributed by atoms with E-state index in [1.165, 1.54) is 6.42 Å². The molecule has 4 nitrogen and oxygen atoms in total. The molecule has 0 spiro atoms. The van der Waals surface area contributed by atoms with Gasteiger partial charge in [-0.15, -0.1) is 0 Å². The summed E-state index contributed by atoms with van der Waals surface area (Å²) in [6, 6.07) is 10.3. The van der Waals surface area contributed by atoms with Crippen molar-refractivity contribution in [3.63, 3.8) is 0 Å². The molecule has 0 saturated carbocycles. The Morgan fingerprint density at radius 2 is 1.51 bits per heavy atom. The number of carbonyl (C=O) groups is 1. The smallest absolute Gasteiger partial charge is 0.213 e. The Morgan fingerprint density at radius 1 is 0.976 bits per heavy atom. The van der Waals surface area contributed by atoms with Gasteiger partial charge in [0.1, 0.15) is 0 Å². The summed E-state index contributed by atoms with van der Waals surface area (Å²) in [7, 11) is 0. The van der Waals surface area contributed by atoms with Crippen LogP contribution in [0.3, 0.4) is 0 Å². The minimum atomic E-state index is -0.0228. The molecule has 0 atom stereocenters. The zero-order valence-electron chi connectivity index (χ0n) is 28.6. The zero-order valence-corrected chi connectivity index (χ0v) is 28.6. The van der Waals surface area contributed by atoms with E-state index in [1.54, 1.807) is 13.0 Å². The van der Waals surface area contributed by atoms with E-state index in [2.05, 4.69) is 97.4 Å². The van der Waals surface area contributed by atoms with Crippen molar-refractivity contribution in [2.45, 2.75) is 122 Å². The van der Waals surface area contributed by atoms with Gasteiger partial charge in [0.05, 0.1) is 11.8 Å². The number of pyridine rings is 1. The van der Waals surface area contributed by atoms with Gasteiger partial charge in [-0.2, -0.15) is 0 Å². The van der Waals surface area contributed by atoms with E-state index in [0.29, 0.717) is 17.0 Å². The summed E-state index contributed by atoms with van der Waals surface area (Å²) in [5.41, 5.74) is 7.31. The van der Waals surface area contributed by atoms with Gasteiger partial charge in [0.25, 0.3) is 0 Å². The standard InChI is InChI=1S/C27H34N2O2.C6H14.C4H10/c1-8-23(9-2)31-27-14-13-22(17-28-27)21-12-11-19(6)25(16-21)24(10-3)26(15-20(7)30)29-18(4)5;1-5-6(2,3)4;1-4(2)3/h10-17,23H,8-9H2,1-7H3;5H2,1-4H3;4H,1-3H3/b24-10+,26-15-;;. The van der Waals surface area contributed by atoms with Crippen LogP contribution < -0.4 is 4.74 Å². The van der Waals surface area contributed by atoms with Crippen LogP contribution in [-0.4, -0.2) is 22.6 Å². The van der Waals surface area contributed by atoms with Gasteiger partial charge in [-0.3, -0.25) is 9.79 Å². The monoisotopic (exact) mass is 562 g/mol. The number of aryl methyl sites for hydroxylation is 1. The van der Waals surface area contributed by atoms with Gasteiger partial charge in [0.2, 0.25) is 5.88 Å². The predicted octanol–water partition coefficient (Wildman–Crippen LogP) is 11.1. The molecule has 2 rings (SSSR count). The van der Waals surface area contributed by atoms with Gasteiger partial charge >= 0.3 is 0 Å². The molecule has 0 aliphatic rings. The molecular formula is C37H58N2O2. The molecule has 2 aromatic rings. The third kappa shape index (κ3) is 16.1. The maximum atomic E-state index is 11.8. The lowest BCUT2D eigenvalue weighted by Crippen LogP contribution is -2.14. The lowest BCUT2D eigenvalue weighted by molar-refractivity contribution is -0.112. The highest BCUT2D eigenvalue weighted by Crippen LogP contribution is 2.31. The topological polar surface area (TPSA) is 51.5 Å². The van der Waals surface area contributed by atoms with Crippen molar-refractivity contribution in [1.82, 2.24) is 4.98 Å². The number of aliphatic imine (C=N–C) groups is 1. The number of aromatic nitrogens is 1. The highest BCUT2D eigenvalue weighted by molar-refractivity contribution is 5.96. The number of hydrogen-bond acceptors (Lipinski definition) is 4. The molecule has 0 unspecified atom stereocenters.